The van der Waals surface area contributed by atoms with Crippen LogP contribution in [0.1, 0.15) is 41.7 Å². The van der Waals surface area contributed by atoms with Gasteiger partial charge in [-0.1, -0.05) is 6.07 Å². The van der Waals surface area contributed by atoms with Gasteiger partial charge in [0.25, 0.3) is 0 Å². The van der Waals surface area contributed by atoms with Crippen LogP contribution < -0.4 is 5.32 Å². The van der Waals surface area contributed by atoms with Crippen molar-refractivity contribution in [2.75, 3.05) is 11.9 Å². The van der Waals surface area contributed by atoms with Gasteiger partial charge >= 0.3 is 6.09 Å². The van der Waals surface area contributed by atoms with E-state index in [-0.39, 0.29) is 6.09 Å². The van der Waals surface area contributed by atoms with Crippen LogP contribution in [-0.4, -0.2) is 23.1 Å². The van der Waals surface area contributed by atoms with Gasteiger partial charge < -0.3 is 15.0 Å². The number of carbonyl (C=O) groups excluding carboxylic acids is 1. The molecule has 0 bridgehead atoms. The summed E-state index contributed by atoms with van der Waals surface area (Å²) in [6.07, 6.45) is 0.643. The monoisotopic (exact) mass is 358 g/mol. The Hall–Kier alpha value is -2.01. The topological polar surface area (TPSA) is 41.6 Å². The summed E-state index contributed by atoms with van der Waals surface area (Å²) in [5.41, 5.74) is 3.15. The van der Waals surface area contributed by atoms with Crippen LogP contribution in [0.2, 0.25) is 0 Å². The third-order valence-electron chi connectivity index (χ3n) is 4.13. The Kier molecular flexibility index (Phi) is 5.04. The smallest absolute Gasteiger partial charge is 0.410 e. The van der Waals surface area contributed by atoms with E-state index in [1.54, 1.807) is 4.90 Å². The van der Waals surface area contributed by atoms with Crippen LogP contribution in [0.5, 0.6) is 0 Å². The molecular formula is C20H26N2O2S. The molecule has 2 aromatic rings. The molecule has 1 aliphatic heterocycles. The SMILES string of the molecule is Cc1ccc(CNc2ccc3c(c2)CN(C(=O)OC(C)(C)C)CC3)s1. The largest absolute Gasteiger partial charge is 0.444 e. The number of nitrogens with zero attached hydrogens (tertiary/aromatic N) is 1. The number of ether oxygens (including phenoxy) is 1. The van der Waals surface area contributed by atoms with Gasteiger partial charge in [-0.05, 0) is 69.5 Å². The lowest BCUT2D eigenvalue weighted by Crippen LogP contribution is -2.39. The van der Waals surface area contributed by atoms with Gasteiger partial charge in [0.05, 0.1) is 0 Å². The van der Waals surface area contributed by atoms with Gasteiger partial charge in [-0.2, -0.15) is 0 Å². The van der Waals surface area contributed by atoms with Crippen LogP contribution in [0.3, 0.4) is 0 Å². The van der Waals surface area contributed by atoms with E-state index in [0.29, 0.717) is 13.1 Å². The highest BCUT2D eigenvalue weighted by Gasteiger charge is 2.25. The number of rotatable bonds is 3. The zero-order valence-electron chi connectivity index (χ0n) is 15.4. The third kappa shape index (κ3) is 4.75. The van der Waals surface area contributed by atoms with Crippen LogP contribution in [0, 0.1) is 6.92 Å². The summed E-state index contributed by atoms with van der Waals surface area (Å²) < 4.78 is 5.50. The summed E-state index contributed by atoms with van der Waals surface area (Å²) in [6.45, 7) is 9.97. The number of aryl methyl sites for hydroxylation is 1. The number of carbonyl (C=O) groups is 1. The van der Waals surface area contributed by atoms with E-state index >= 15 is 0 Å². The number of hydrogen-bond acceptors (Lipinski definition) is 4. The molecule has 0 spiro atoms. The number of hydrogen-bond donors (Lipinski definition) is 1. The fraction of sp³-hybridized carbons (Fsp3) is 0.450. The second kappa shape index (κ2) is 7.08. The Morgan fingerprint density at radius 2 is 2.04 bits per heavy atom. The molecule has 0 radical (unpaired) electrons. The number of thiophene rings is 1. The molecule has 0 unspecified atom stereocenters. The molecule has 4 nitrogen and oxygen atoms in total. The minimum Gasteiger partial charge on any atom is -0.444 e. The van der Waals surface area contributed by atoms with Gasteiger partial charge in [0.15, 0.2) is 0 Å². The molecule has 25 heavy (non-hydrogen) atoms. The molecule has 0 aliphatic carbocycles. The second-order valence-corrected chi connectivity index (χ2v) is 8.87. The van der Waals surface area contributed by atoms with Crippen LogP contribution in [0.4, 0.5) is 10.5 Å². The minimum atomic E-state index is -0.459. The summed E-state index contributed by atoms with van der Waals surface area (Å²) in [5, 5.41) is 3.48. The first-order chi connectivity index (χ1) is 11.8. The van der Waals surface area contributed by atoms with E-state index in [0.717, 1.165) is 18.7 Å². The molecule has 5 heteroatoms. The normalized spacial score (nSPS) is 14.2. The standard InChI is InChI=1S/C20H26N2O2S/c1-14-5-8-18(25-14)12-21-17-7-6-15-9-10-22(13-16(15)11-17)19(23)24-20(2,3)4/h5-8,11,21H,9-10,12-13H2,1-4H3. The molecule has 134 valence electrons. The van der Waals surface area contributed by atoms with Crippen LogP contribution in [0.25, 0.3) is 0 Å². The predicted molar refractivity (Wildman–Crippen MR) is 103 cm³/mol. The Morgan fingerprint density at radius 1 is 1.24 bits per heavy atom. The van der Waals surface area contributed by atoms with Gasteiger partial charge in [0.2, 0.25) is 0 Å². The van der Waals surface area contributed by atoms with E-state index in [1.807, 2.05) is 32.1 Å². The molecule has 1 aromatic carbocycles. The molecule has 0 fully saturated rings. The molecular weight excluding hydrogens is 332 g/mol. The fourth-order valence-corrected chi connectivity index (χ4v) is 3.75. The average molecular weight is 359 g/mol. The molecule has 0 saturated carbocycles. The van der Waals surface area contributed by atoms with E-state index in [9.17, 15) is 4.79 Å². The van der Waals surface area contributed by atoms with E-state index in [4.69, 9.17) is 4.74 Å². The van der Waals surface area contributed by atoms with Crippen molar-refractivity contribution in [3.63, 3.8) is 0 Å². The van der Waals surface area contributed by atoms with E-state index in [2.05, 4.69) is 42.6 Å². The highest BCUT2D eigenvalue weighted by molar-refractivity contribution is 7.11. The Bertz CT molecular complexity index is 761. The first-order valence-corrected chi connectivity index (χ1v) is 9.51. The van der Waals surface area contributed by atoms with Crippen molar-refractivity contribution in [3.8, 4) is 0 Å². The maximum Gasteiger partial charge on any atom is 0.410 e. The van der Waals surface area contributed by atoms with Gasteiger partial charge in [0.1, 0.15) is 5.60 Å². The molecule has 2 heterocycles. The lowest BCUT2D eigenvalue weighted by Gasteiger charge is -2.31. The number of nitrogens with one attached hydrogen (secondary N) is 1. The van der Waals surface area contributed by atoms with Gasteiger partial charge in [-0.15, -0.1) is 11.3 Å². The summed E-state index contributed by atoms with van der Waals surface area (Å²) in [5.74, 6) is 0. The van der Waals surface area contributed by atoms with Crippen LogP contribution >= 0.6 is 11.3 Å². The molecule has 1 amide bonds. The molecule has 0 atom stereocenters. The van der Waals surface area contributed by atoms with Crippen molar-refractivity contribution < 1.29 is 9.53 Å². The first kappa shape index (κ1) is 17.8. The van der Waals surface area contributed by atoms with Crippen molar-refractivity contribution in [1.29, 1.82) is 0 Å². The van der Waals surface area contributed by atoms with Gasteiger partial charge in [-0.3, -0.25) is 0 Å². The Labute approximate surface area is 153 Å². The highest BCUT2D eigenvalue weighted by atomic mass is 32.1. The summed E-state index contributed by atoms with van der Waals surface area (Å²) >= 11 is 1.81. The Balaban J connectivity index is 1.65. The number of anilines is 1. The number of benzene rings is 1. The number of fused-ring (bicyclic) bond motifs is 1. The fourth-order valence-electron chi connectivity index (χ4n) is 2.92. The quantitative estimate of drug-likeness (QED) is 0.843. The van der Waals surface area contributed by atoms with Crippen molar-refractivity contribution >= 4 is 23.1 Å². The third-order valence-corrected chi connectivity index (χ3v) is 5.13. The van der Waals surface area contributed by atoms with Crippen molar-refractivity contribution in [2.45, 2.75) is 52.8 Å². The van der Waals surface area contributed by atoms with Gasteiger partial charge in [-0.25, -0.2) is 4.79 Å². The summed E-state index contributed by atoms with van der Waals surface area (Å²) in [7, 11) is 0. The molecule has 1 N–H and O–H groups in total. The maximum absolute atomic E-state index is 12.3. The lowest BCUT2D eigenvalue weighted by molar-refractivity contribution is 0.0224. The van der Waals surface area contributed by atoms with Crippen molar-refractivity contribution in [1.82, 2.24) is 4.90 Å². The lowest BCUT2D eigenvalue weighted by atomic mass is 9.99. The molecule has 1 aliphatic rings. The van der Waals surface area contributed by atoms with Crippen molar-refractivity contribution in [3.05, 3.63) is 51.2 Å². The van der Waals surface area contributed by atoms with Gasteiger partial charge in [0, 0.05) is 35.1 Å². The van der Waals surface area contributed by atoms with E-state index in [1.165, 1.54) is 20.9 Å². The predicted octanol–water partition coefficient (Wildman–Crippen LogP) is 4.96. The number of amides is 1. The summed E-state index contributed by atoms with van der Waals surface area (Å²) in [6, 6.07) is 10.8. The maximum atomic E-state index is 12.3. The molecule has 3 rings (SSSR count). The summed E-state index contributed by atoms with van der Waals surface area (Å²) in [4.78, 5) is 16.8. The highest BCUT2D eigenvalue weighted by Crippen LogP contribution is 2.25. The second-order valence-electron chi connectivity index (χ2n) is 7.50. The first-order valence-electron chi connectivity index (χ1n) is 8.69. The zero-order valence-corrected chi connectivity index (χ0v) is 16.2. The molecule has 1 aromatic heterocycles. The van der Waals surface area contributed by atoms with Crippen LogP contribution in [-0.2, 0) is 24.2 Å². The van der Waals surface area contributed by atoms with E-state index < -0.39 is 5.60 Å². The minimum absolute atomic E-state index is 0.231. The van der Waals surface area contributed by atoms with Crippen LogP contribution in [0.15, 0.2) is 30.3 Å². The zero-order chi connectivity index (χ0) is 18.0. The van der Waals surface area contributed by atoms with Crippen molar-refractivity contribution in [2.24, 2.45) is 0 Å². The Morgan fingerprint density at radius 3 is 2.72 bits per heavy atom. The molecule has 0 saturated heterocycles. The average Bonchev–Trinajstić information content (AvgIpc) is 2.96.